The number of nitrogens with one attached hydrogen (secondary N) is 1. The first-order valence-electron chi connectivity index (χ1n) is 6.37. The fourth-order valence-corrected chi connectivity index (χ4v) is 2.48. The highest BCUT2D eigenvalue weighted by molar-refractivity contribution is 5.92. The molecule has 0 fully saturated rings. The summed E-state index contributed by atoms with van der Waals surface area (Å²) in [5.41, 5.74) is 1.33. The Labute approximate surface area is 110 Å². The normalized spacial score (nSPS) is 13.1. The van der Waals surface area contributed by atoms with Crippen LogP contribution < -0.4 is 5.69 Å². The monoisotopic (exact) mass is 262 g/mol. The van der Waals surface area contributed by atoms with E-state index < -0.39 is 5.97 Å². The Morgan fingerprint density at radius 1 is 1.37 bits per heavy atom. The van der Waals surface area contributed by atoms with Crippen LogP contribution in [0.15, 0.2) is 23.0 Å². The van der Waals surface area contributed by atoms with Gasteiger partial charge in [0.05, 0.1) is 16.6 Å². The van der Waals surface area contributed by atoms with Crippen molar-refractivity contribution in [3.8, 4) is 0 Å². The molecular weight excluding hydrogens is 244 g/mol. The molecule has 0 radical (unpaired) electrons. The molecule has 5 heteroatoms. The molecule has 0 saturated carbocycles. The standard InChI is InChI=1S/C14H18N2O3/c1-8(2)6-9(3)16-12-7-10(13(17)18)4-5-11(12)15-14(16)19/h4-5,7-9H,6H2,1-3H3,(H,15,19)(H,17,18). The molecule has 102 valence electrons. The van der Waals surface area contributed by atoms with Crippen molar-refractivity contribution >= 4 is 17.0 Å². The van der Waals surface area contributed by atoms with Crippen molar-refractivity contribution in [3.05, 3.63) is 34.2 Å². The number of hydrogen-bond acceptors (Lipinski definition) is 2. The average molecular weight is 262 g/mol. The minimum absolute atomic E-state index is 0.0327. The quantitative estimate of drug-likeness (QED) is 0.889. The van der Waals surface area contributed by atoms with Crippen LogP contribution in [0.25, 0.3) is 11.0 Å². The molecule has 1 aromatic carbocycles. The van der Waals surface area contributed by atoms with Crippen LogP contribution in [0.4, 0.5) is 0 Å². The van der Waals surface area contributed by atoms with Crippen molar-refractivity contribution in [1.82, 2.24) is 9.55 Å². The second kappa shape index (κ2) is 4.91. The molecule has 0 aliphatic carbocycles. The van der Waals surface area contributed by atoms with Crippen LogP contribution in [0.5, 0.6) is 0 Å². The summed E-state index contributed by atoms with van der Waals surface area (Å²) >= 11 is 0. The lowest BCUT2D eigenvalue weighted by Gasteiger charge is -2.15. The second-order valence-corrected chi connectivity index (χ2v) is 5.32. The minimum Gasteiger partial charge on any atom is -0.478 e. The van der Waals surface area contributed by atoms with Gasteiger partial charge in [-0.25, -0.2) is 9.59 Å². The molecule has 2 N–H and O–H groups in total. The van der Waals surface area contributed by atoms with Gasteiger partial charge in [-0.3, -0.25) is 4.57 Å². The molecule has 0 spiro atoms. The number of fused-ring (bicyclic) bond motifs is 1. The molecule has 1 heterocycles. The smallest absolute Gasteiger partial charge is 0.335 e. The van der Waals surface area contributed by atoms with Crippen LogP contribution in [0.3, 0.4) is 0 Å². The summed E-state index contributed by atoms with van der Waals surface area (Å²) in [7, 11) is 0. The second-order valence-electron chi connectivity index (χ2n) is 5.32. The Bertz CT molecular complexity index is 667. The number of H-pyrrole nitrogens is 1. The number of nitrogens with zero attached hydrogens (tertiary/aromatic N) is 1. The third kappa shape index (κ3) is 2.54. The highest BCUT2D eigenvalue weighted by atomic mass is 16.4. The summed E-state index contributed by atoms with van der Waals surface area (Å²) in [6, 6.07) is 4.72. The number of benzene rings is 1. The Balaban J connectivity index is 2.58. The molecule has 0 saturated heterocycles. The van der Waals surface area contributed by atoms with E-state index in [2.05, 4.69) is 18.8 Å². The number of carbonyl (C=O) groups is 1. The number of aromatic carboxylic acids is 1. The van der Waals surface area contributed by atoms with Gasteiger partial charge in [-0.1, -0.05) is 13.8 Å². The van der Waals surface area contributed by atoms with Gasteiger partial charge in [-0.05, 0) is 37.5 Å². The Kier molecular flexibility index (Phi) is 3.46. The molecular formula is C14H18N2O3. The first-order chi connectivity index (χ1) is 8.90. The number of carboxylic acid groups (broad SMARTS) is 1. The predicted molar refractivity (Wildman–Crippen MR) is 73.7 cm³/mol. The number of hydrogen-bond donors (Lipinski definition) is 2. The Morgan fingerprint density at radius 3 is 2.63 bits per heavy atom. The molecule has 0 aliphatic heterocycles. The third-order valence-electron chi connectivity index (χ3n) is 3.22. The SMILES string of the molecule is CC(C)CC(C)n1c(=O)[nH]c2ccc(C(=O)O)cc21. The first kappa shape index (κ1) is 13.4. The van der Waals surface area contributed by atoms with Gasteiger partial charge in [0.25, 0.3) is 0 Å². The number of aromatic amines is 1. The molecule has 5 nitrogen and oxygen atoms in total. The largest absolute Gasteiger partial charge is 0.478 e. The van der Waals surface area contributed by atoms with Gasteiger partial charge in [0.15, 0.2) is 0 Å². The highest BCUT2D eigenvalue weighted by Crippen LogP contribution is 2.21. The zero-order valence-electron chi connectivity index (χ0n) is 11.3. The van der Waals surface area contributed by atoms with E-state index in [1.807, 2.05) is 6.92 Å². The van der Waals surface area contributed by atoms with E-state index in [1.165, 1.54) is 6.07 Å². The van der Waals surface area contributed by atoms with Gasteiger partial charge in [-0.2, -0.15) is 0 Å². The lowest BCUT2D eigenvalue weighted by Crippen LogP contribution is -2.21. The van der Waals surface area contributed by atoms with Gasteiger partial charge in [0.2, 0.25) is 0 Å². The van der Waals surface area contributed by atoms with Crippen LogP contribution in [-0.4, -0.2) is 20.6 Å². The van der Waals surface area contributed by atoms with Crippen LogP contribution in [-0.2, 0) is 0 Å². The van der Waals surface area contributed by atoms with Crippen molar-refractivity contribution in [1.29, 1.82) is 0 Å². The van der Waals surface area contributed by atoms with E-state index in [4.69, 9.17) is 5.11 Å². The zero-order valence-corrected chi connectivity index (χ0v) is 11.3. The van der Waals surface area contributed by atoms with E-state index in [0.717, 1.165) is 6.42 Å². The number of imidazole rings is 1. The maximum absolute atomic E-state index is 12.0. The molecule has 0 aliphatic rings. The van der Waals surface area contributed by atoms with Crippen molar-refractivity contribution in [2.75, 3.05) is 0 Å². The number of carboxylic acids is 1. The maximum atomic E-state index is 12.0. The maximum Gasteiger partial charge on any atom is 0.335 e. The van der Waals surface area contributed by atoms with E-state index in [-0.39, 0.29) is 17.3 Å². The molecule has 1 atom stereocenters. The van der Waals surface area contributed by atoms with E-state index in [1.54, 1.807) is 16.7 Å². The number of aromatic nitrogens is 2. The molecule has 19 heavy (non-hydrogen) atoms. The van der Waals surface area contributed by atoms with Gasteiger partial charge >= 0.3 is 11.7 Å². The summed E-state index contributed by atoms with van der Waals surface area (Å²) in [5, 5.41) is 9.03. The lowest BCUT2D eigenvalue weighted by atomic mass is 10.0. The lowest BCUT2D eigenvalue weighted by molar-refractivity contribution is 0.0697. The summed E-state index contributed by atoms with van der Waals surface area (Å²) < 4.78 is 1.64. The molecule has 0 bridgehead atoms. The van der Waals surface area contributed by atoms with Gasteiger partial charge in [-0.15, -0.1) is 0 Å². The Hall–Kier alpha value is -2.04. The van der Waals surface area contributed by atoms with E-state index >= 15 is 0 Å². The third-order valence-corrected chi connectivity index (χ3v) is 3.22. The molecule has 1 unspecified atom stereocenters. The molecule has 1 aromatic heterocycles. The van der Waals surface area contributed by atoms with Gasteiger partial charge in [0, 0.05) is 6.04 Å². The van der Waals surface area contributed by atoms with Crippen LogP contribution in [0, 0.1) is 5.92 Å². The molecule has 2 aromatic rings. The predicted octanol–water partition coefficient (Wildman–Crippen LogP) is 2.63. The Morgan fingerprint density at radius 2 is 2.05 bits per heavy atom. The summed E-state index contributed by atoms with van der Waals surface area (Å²) in [5.74, 6) is -0.520. The van der Waals surface area contributed by atoms with Gasteiger partial charge in [0.1, 0.15) is 0 Å². The zero-order chi connectivity index (χ0) is 14.2. The van der Waals surface area contributed by atoms with Gasteiger partial charge < -0.3 is 10.1 Å². The number of rotatable bonds is 4. The highest BCUT2D eigenvalue weighted by Gasteiger charge is 2.15. The van der Waals surface area contributed by atoms with Crippen molar-refractivity contribution in [3.63, 3.8) is 0 Å². The van der Waals surface area contributed by atoms with E-state index in [9.17, 15) is 9.59 Å². The van der Waals surface area contributed by atoms with Crippen molar-refractivity contribution in [2.24, 2.45) is 5.92 Å². The van der Waals surface area contributed by atoms with Crippen molar-refractivity contribution in [2.45, 2.75) is 33.2 Å². The molecule has 2 rings (SSSR count). The fraction of sp³-hybridized carbons (Fsp3) is 0.429. The van der Waals surface area contributed by atoms with Crippen molar-refractivity contribution < 1.29 is 9.90 Å². The van der Waals surface area contributed by atoms with Crippen LogP contribution >= 0.6 is 0 Å². The minimum atomic E-state index is -0.987. The topological polar surface area (TPSA) is 75.1 Å². The summed E-state index contributed by atoms with van der Waals surface area (Å²) in [6.07, 6.45) is 0.865. The summed E-state index contributed by atoms with van der Waals surface area (Å²) in [4.78, 5) is 25.8. The van der Waals surface area contributed by atoms with Crippen LogP contribution in [0.2, 0.25) is 0 Å². The van der Waals surface area contributed by atoms with Crippen LogP contribution in [0.1, 0.15) is 43.6 Å². The average Bonchev–Trinajstić information content (AvgIpc) is 2.62. The first-order valence-corrected chi connectivity index (χ1v) is 6.37. The summed E-state index contributed by atoms with van der Waals surface area (Å²) in [6.45, 7) is 6.17. The van der Waals surface area contributed by atoms with E-state index in [0.29, 0.717) is 17.0 Å². The fourth-order valence-electron chi connectivity index (χ4n) is 2.48. The molecule has 0 amide bonds.